The Balaban J connectivity index is 1.43. The Kier molecular flexibility index (Phi) is 6.45. The van der Waals surface area contributed by atoms with Crippen molar-refractivity contribution in [2.75, 3.05) is 11.1 Å². The second kappa shape index (κ2) is 10.4. The number of benzene rings is 3. The number of imidazole rings is 1. The van der Waals surface area contributed by atoms with E-state index in [0.29, 0.717) is 34.3 Å². The number of nitrogens with two attached hydrogens (primary N) is 1. The molecule has 1 amide bonds. The van der Waals surface area contributed by atoms with Gasteiger partial charge in [0.2, 0.25) is 0 Å². The van der Waals surface area contributed by atoms with Gasteiger partial charge in [0.15, 0.2) is 0 Å². The molecule has 0 fully saturated rings. The van der Waals surface area contributed by atoms with E-state index in [0.717, 1.165) is 27.8 Å². The summed E-state index contributed by atoms with van der Waals surface area (Å²) in [6.45, 7) is 1.86. The summed E-state index contributed by atoms with van der Waals surface area (Å²) in [7, 11) is 0. The number of carboxylic acid groups (broad SMARTS) is 1. The van der Waals surface area contributed by atoms with Gasteiger partial charge in [-0.25, -0.2) is 19.7 Å². The highest BCUT2D eigenvalue weighted by Gasteiger charge is 2.20. The van der Waals surface area contributed by atoms with E-state index < -0.39 is 11.9 Å². The number of aromatic carboxylic acids is 1. The minimum atomic E-state index is -1.06. The van der Waals surface area contributed by atoms with Gasteiger partial charge in [0.05, 0.1) is 33.5 Å². The van der Waals surface area contributed by atoms with Crippen molar-refractivity contribution >= 4 is 34.5 Å². The summed E-state index contributed by atoms with van der Waals surface area (Å²) in [6.07, 6.45) is 1.64. The molecule has 6 aromatic rings. The molecule has 6 rings (SSSR count). The van der Waals surface area contributed by atoms with Crippen LogP contribution < -0.4 is 11.1 Å². The molecule has 9 nitrogen and oxygen atoms in total. The van der Waals surface area contributed by atoms with Crippen molar-refractivity contribution in [1.82, 2.24) is 19.5 Å². The highest BCUT2D eigenvalue weighted by Crippen LogP contribution is 2.34. The first-order valence-electron chi connectivity index (χ1n) is 12.8. The fourth-order valence-corrected chi connectivity index (χ4v) is 4.73. The van der Waals surface area contributed by atoms with Gasteiger partial charge in [-0.05, 0) is 78.7 Å². The van der Waals surface area contributed by atoms with E-state index in [2.05, 4.69) is 33.5 Å². The van der Waals surface area contributed by atoms with E-state index in [1.807, 2.05) is 60.0 Å². The first-order chi connectivity index (χ1) is 19.9. The molecule has 200 valence electrons. The Morgan fingerprint density at radius 1 is 0.829 bits per heavy atom. The average molecular weight is 541 g/mol. The van der Waals surface area contributed by atoms with E-state index >= 15 is 0 Å². The fourth-order valence-electron chi connectivity index (χ4n) is 4.73. The van der Waals surface area contributed by atoms with Gasteiger partial charge in [-0.15, -0.1) is 0 Å². The number of fused-ring (bicyclic) bond motifs is 1. The molecule has 4 N–H and O–H groups in total. The van der Waals surface area contributed by atoms with Crippen molar-refractivity contribution in [2.24, 2.45) is 0 Å². The standard InChI is InChI=1S/C32H24N6O3/c1-19-26(15-16-28(35-19)37-31(39)21-9-11-22(12-10-21)32(40)41)38-27-18-23(20-6-3-2-4-7-20)13-14-25(27)36-30(38)24-8-5-17-34-29(24)33/h2-18H,1H3,(H2,33,34)(H,40,41)(H,35,37,39). The van der Waals surface area contributed by atoms with Gasteiger partial charge in [-0.2, -0.15) is 0 Å². The van der Waals surface area contributed by atoms with Crippen molar-refractivity contribution in [2.45, 2.75) is 6.92 Å². The number of aryl methyl sites for hydroxylation is 1. The van der Waals surface area contributed by atoms with Crippen LogP contribution in [0.3, 0.4) is 0 Å². The highest BCUT2D eigenvalue weighted by atomic mass is 16.4. The number of nitrogens with zero attached hydrogens (tertiary/aromatic N) is 4. The van der Waals surface area contributed by atoms with Gasteiger partial charge in [0.25, 0.3) is 5.91 Å². The molecule has 0 radical (unpaired) electrons. The summed E-state index contributed by atoms with van der Waals surface area (Å²) in [5.74, 6) is -0.117. The summed E-state index contributed by atoms with van der Waals surface area (Å²) in [4.78, 5) is 37.8. The Morgan fingerprint density at radius 2 is 1.59 bits per heavy atom. The van der Waals surface area contributed by atoms with Crippen molar-refractivity contribution in [3.8, 4) is 28.2 Å². The minimum Gasteiger partial charge on any atom is -0.478 e. The molecule has 3 heterocycles. The van der Waals surface area contributed by atoms with Crippen LogP contribution in [-0.2, 0) is 0 Å². The molecule has 0 spiro atoms. The van der Waals surface area contributed by atoms with Crippen molar-refractivity contribution in [1.29, 1.82) is 0 Å². The monoisotopic (exact) mass is 540 g/mol. The third kappa shape index (κ3) is 4.87. The van der Waals surface area contributed by atoms with Crippen LogP contribution in [0.1, 0.15) is 26.4 Å². The second-order valence-corrected chi connectivity index (χ2v) is 9.41. The average Bonchev–Trinajstić information content (AvgIpc) is 3.36. The Morgan fingerprint density at radius 3 is 2.29 bits per heavy atom. The van der Waals surface area contributed by atoms with Crippen LogP contribution in [0.2, 0.25) is 0 Å². The van der Waals surface area contributed by atoms with Crippen LogP contribution in [0.15, 0.2) is 103 Å². The Labute approximate surface area is 235 Å². The third-order valence-electron chi connectivity index (χ3n) is 6.78. The maximum Gasteiger partial charge on any atom is 0.335 e. The van der Waals surface area contributed by atoms with Gasteiger partial charge in [-0.1, -0.05) is 36.4 Å². The number of rotatable bonds is 6. The first-order valence-corrected chi connectivity index (χ1v) is 12.8. The number of amides is 1. The van der Waals surface area contributed by atoms with Crippen LogP contribution in [0.5, 0.6) is 0 Å². The number of nitrogen functional groups attached to an aromatic ring is 1. The maximum absolute atomic E-state index is 12.8. The lowest BCUT2D eigenvalue weighted by molar-refractivity contribution is 0.0696. The quantitative estimate of drug-likeness (QED) is 0.236. The molecule has 0 aliphatic heterocycles. The summed E-state index contributed by atoms with van der Waals surface area (Å²) in [5.41, 5.74) is 12.6. The van der Waals surface area contributed by atoms with E-state index in [4.69, 9.17) is 15.8 Å². The smallest absolute Gasteiger partial charge is 0.335 e. The summed E-state index contributed by atoms with van der Waals surface area (Å²) < 4.78 is 2.01. The van der Waals surface area contributed by atoms with Crippen LogP contribution in [0.25, 0.3) is 39.2 Å². The SMILES string of the molecule is Cc1nc(NC(=O)c2ccc(C(=O)O)cc2)ccc1-n1c(-c2cccnc2N)nc2ccc(-c3ccccc3)cc21. The number of hydrogen-bond acceptors (Lipinski definition) is 6. The number of aromatic nitrogens is 4. The molecule has 0 aliphatic carbocycles. The Bertz CT molecular complexity index is 1930. The molecule has 3 aromatic heterocycles. The number of carboxylic acids is 1. The molecule has 0 saturated heterocycles. The van der Waals surface area contributed by atoms with Crippen molar-refractivity contribution < 1.29 is 14.7 Å². The predicted molar refractivity (Wildman–Crippen MR) is 158 cm³/mol. The summed E-state index contributed by atoms with van der Waals surface area (Å²) in [6, 6.07) is 29.2. The number of hydrogen-bond donors (Lipinski definition) is 3. The van der Waals surface area contributed by atoms with Crippen molar-refractivity contribution in [3.63, 3.8) is 0 Å². The third-order valence-corrected chi connectivity index (χ3v) is 6.78. The van der Waals surface area contributed by atoms with Crippen LogP contribution in [-0.4, -0.2) is 36.5 Å². The van der Waals surface area contributed by atoms with Crippen molar-refractivity contribution in [3.05, 3.63) is 120 Å². The molecule has 0 saturated carbocycles. The lowest BCUT2D eigenvalue weighted by Gasteiger charge is -2.14. The molecule has 0 bridgehead atoms. The second-order valence-electron chi connectivity index (χ2n) is 9.41. The van der Waals surface area contributed by atoms with E-state index in [1.165, 1.54) is 24.3 Å². The number of pyridine rings is 2. The molecule has 0 aliphatic rings. The van der Waals surface area contributed by atoms with Crippen LogP contribution in [0.4, 0.5) is 11.6 Å². The molecule has 3 aromatic carbocycles. The molecule has 0 atom stereocenters. The van der Waals surface area contributed by atoms with Gasteiger partial charge in [0.1, 0.15) is 17.5 Å². The van der Waals surface area contributed by atoms with Crippen LogP contribution >= 0.6 is 0 Å². The van der Waals surface area contributed by atoms with E-state index in [-0.39, 0.29) is 5.56 Å². The molecular weight excluding hydrogens is 516 g/mol. The topological polar surface area (TPSA) is 136 Å². The fraction of sp³-hybridized carbons (Fsp3) is 0.0312. The predicted octanol–water partition coefficient (Wildman–Crippen LogP) is 5.99. The highest BCUT2D eigenvalue weighted by molar-refractivity contribution is 6.04. The molecule has 41 heavy (non-hydrogen) atoms. The zero-order chi connectivity index (χ0) is 28.5. The number of nitrogens with one attached hydrogen (secondary N) is 1. The summed E-state index contributed by atoms with van der Waals surface area (Å²) in [5, 5.41) is 11.9. The van der Waals surface area contributed by atoms with Gasteiger partial charge < -0.3 is 16.2 Å². The number of carbonyl (C=O) groups is 2. The van der Waals surface area contributed by atoms with Crippen LogP contribution in [0, 0.1) is 6.92 Å². The zero-order valence-electron chi connectivity index (χ0n) is 21.9. The largest absolute Gasteiger partial charge is 0.478 e. The lowest BCUT2D eigenvalue weighted by Crippen LogP contribution is -2.14. The number of carbonyl (C=O) groups excluding carboxylic acids is 1. The lowest BCUT2D eigenvalue weighted by atomic mass is 10.1. The molecule has 9 heteroatoms. The van der Waals surface area contributed by atoms with E-state index in [9.17, 15) is 9.59 Å². The normalized spacial score (nSPS) is 11.0. The molecular formula is C32H24N6O3. The summed E-state index contributed by atoms with van der Waals surface area (Å²) >= 11 is 0. The Hall–Kier alpha value is -5.83. The maximum atomic E-state index is 12.8. The minimum absolute atomic E-state index is 0.105. The molecule has 0 unspecified atom stereocenters. The van der Waals surface area contributed by atoms with Gasteiger partial charge in [0, 0.05) is 11.8 Å². The first kappa shape index (κ1) is 25.4. The number of anilines is 2. The van der Waals surface area contributed by atoms with E-state index in [1.54, 1.807) is 12.3 Å². The van der Waals surface area contributed by atoms with Gasteiger partial charge in [-0.3, -0.25) is 9.36 Å². The van der Waals surface area contributed by atoms with Gasteiger partial charge >= 0.3 is 5.97 Å². The zero-order valence-corrected chi connectivity index (χ0v) is 21.9.